The first-order valence-electron chi connectivity index (χ1n) is 13.5. The van der Waals surface area contributed by atoms with Crippen molar-refractivity contribution in [3.8, 4) is 11.5 Å². The lowest BCUT2D eigenvalue weighted by molar-refractivity contribution is -0.171. The van der Waals surface area contributed by atoms with E-state index in [0.29, 0.717) is 30.3 Å². The second kappa shape index (κ2) is 14.1. The third kappa shape index (κ3) is 7.96. The van der Waals surface area contributed by atoms with Crippen LogP contribution >= 0.6 is 0 Å². The van der Waals surface area contributed by atoms with Crippen LogP contribution in [0.5, 0.6) is 11.5 Å². The molecule has 0 aromatic heterocycles. The second-order valence-corrected chi connectivity index (χ2v) is 9.84. The van der Waals surface area contributed by atoms with Crippen molar-refractivity contribution in [1.82, 2.24) is 0 Å². The Kier molecular flexibility index (Phi) is 10.9. The fraction of sp³-hybridized carbons (Fsp3) is 0.375. The molecule has 0 aliphatic rings. The molecule has 226 valence electrons. The van der Waals surface area contributed by atoms with Crippen LogP contribution in [0.15, 0.2) is 66.7 Å². The first-order chi connectivity index (χ1) is 19.9. The van der Waals surface area contributed by atoms with E-state index in [0.717, 1.165) is 17.2 Å². The second-order valence-electron chi connectivity index (χ2n) is 9.84. The van der Waals surface area contributed by atoms with Crippen molar-refractivity contribution in [2.75, 3.05) is 32.3 Å². The summed E-state index contributed by atoms with van der Waals surface area (Å²) in [6.07, 6.45) is -5.31. The summed E-state index contributed by atoms with van der Waals surface area (Å²) in [6, 6.07) is 18.5. The molecule has 0 aliphatic carbocycles. The number of alkyl halides is 3. The SMILES string of the molecule is CCOC(=O)C(C)(Cc1ccc(N(Cc2ccc(OC)cc2)Cc2ccc(OC)cc2)cc1C(F)(F)F)C(=O)OCC. The van der Waals surface area contributed by atoms with Crippen molar-refractivity contribution in [2.45, 2.75) is 46.5 Å². The van der Waals surface area contributed by atoms with Gasteiger partial charge in [0.25, 0.3) is 0 Å². The molecule has 42 heavy (non-hydrogen) atoms. The Morgan fingerprint density at radius 1 is 0.738 bits per heavy atom. The molecule has 0 radical (unpaired) electrons. The van der Waals surface area contributed by atoms with Crippen molar-refractivity contribution in [1.29, 1.82) is 0 Å². The van der Waals surface area contributed by atoms with Crippen LogP contribution in [0.25, 0.3) is 0 Å². The molecule has 0 N–H and O–H groups in total. The Labute approximate surface area is 244 Å². The van der Waals surface area contributed by atoms with Gasteiger partial charge in [-0.2, -0.15) is 13.2 Å². The molecule has 0 aliphatic heterocycles. The van der Waals surface area contributed by atoms with E-state index >= 15 is 0 Å². The highest BCUT2D eigenvalue weighted by molar-refractivity contribution is 6.00. The van der Waals surface area contributed by atoms with E-state index in [2.05, 4.69) is 0 Å². The molecular weight excluding hydrogens is 551 g/mol. The van der Waals surface area contributed by atoms with Gasteiger partial charge in [-0.1, -0.05) is 30.3 Å². The first kappa shape index (κ1) is 32.3. The molecule has 0 unspecified atom stereocenters. The van der Waals surface area contributed by atoms with Crippen molar-refractivity contribution in [3.63, 3.8) is 0 Å². The summed E-state index contributed by atoms with van der Waals surface area (Å²) in [5.41, 5.74) is -1.10. The van der Waals surface area contributed by atoms with E-state index in [-0.39, 0.29) is 18.8 Å². The molecule has 0 amide bonds. The third-order valence-corrected chi connectivity index (χ3v) is 6.82. The molecular formula is C32H36F3NO6. The highest BCUT2D eigenvalue weighted by atomic mass is 19.4. The Balaban J connectivity index is 2.07. The van der Waals surface area contributed by atoms with E-state index < -0.39 is 35.5 Å². The highest BCUT2D eigenvalue weighted by Gasteiger charge is 2.46. The number of ether oxygens (including phenoxy) is 4. The van der Waals surface area contributed by atoms with Gasteiger partial charge < -0.3 is 23.8 Å². The summed E-state index contributed by atoms with van der Waals surface area (Å²) in [5.74, 6) is -0.562. The molecule has 10 heteroatoms. The number of anilines is 1. The molecule has 7 nitrogen and oxygen atoms in total. The Morgan fingerprint density at radius 3 is 1.57 bits per heavy atom. The van der Waals surface area contributed by atoms with Crippen LogP contribution in [0.2, 0.25) is 0 Å². The average molecular weight is 588 g/mol. The molecule has 3 rings (SSSR count). The number of methoxy groups -OCH3 is 2. The summed E-state index contributed by atoms with van der Waals surface area (Å²) in [7, 11) is 3.11. The minimum absolute atomic E-state index is 0.0371. The van der Waals surface area contributed by atoms with E-state index in [9.17, 15) is 22.8 Å². The number of rotatable bonds is 13. The maximum absolute atomic E-state index is 14.5. The van der Waals surface area contributed by atoms with E-state index in [1.807, 2.05) is 29.2 Å². The number of benzene rings is 3. The zero-order valence-corrected chi connectivity index (χ0v) is 24.4. The third-order valence-electron chi connectivity index (χ3n) is 6.82. The Hall–Kier alpha value is -4.21. The average Bonchev–Trinajstić information content (AvgIpc) is 2.97. The van der Waals surface area contributed by atoms with Gasteiger partial charge in [-0.05, 0) is 80.3 Å². The van der Waals surface area contributed by atoms with Crippen LogP contribution in [-0.4, -0.2) is 39.4 Å². The maximum atomic E-state index is 14.5. The predicted molar refractivity (Wildman–Crippen MR) is 152 cm³/mol. The largest absolute Gasteiger partial charge is 0.497 e. The fourth-order valence-electron chi connectivity index (χ4n) is 4.51. The number of nitrogens with zero attached hydrogens (tertiary/aromatic N) is 1. The lowest BCUT2D eigenvalue weighted by Gasteiger charge is -2.29. The summed E-state index contributed by atoms with van der Waals surface area (Å²) in [5, 5.41) is 0. The first-order valence-corrected chi connectivity index (χ1v) is 13.5. The molecule has 3 aromatic carbocycles. The standard InChI is InChI=1S/C32H36F3NO6/c1-6-41-29(37)31(3,30(38)42-7-2)19-24-12-13-25(18-28(24)32(33,34)35)36(20-22-8-14-26(39-4)15-9-22)21-23-10-16-27(40-5)17-11-23/h8-18H,6-7,19-21H2,1-5H3. The summed E-state index contributed by atoms with van der Waals surface area (Å²) in [4.78, 5) is 27.4. The zero-order valence-electron chi connectivity index (χ0n) is 24.4. The molecule has 0 atom stereocenters. The van der Waals surface area contributed by atoms with E-state index in [1.54, 1.807) is 58.4 Å². The lowest BCUT2D eigenvalue weighted by atomic mass is 9.82. The Bertz CT molecular complexity index is 1270. The number of carbonyl (C=O) groups excluding carboxylic acids is 2. The number of hydrogen-bond acceptors (Lipinski definition) is 7. The number of hydrogen-bond donors (Lipinski definition) is 0. The molecule has 0 bridgehead atoms. The Morgan fingerprint density at radius 2 is 1.19 bits per heavy atom. The van der Waals surface area contributed by atoms with Crippen LogP contribution in [0, 0.1) is 5.41 Å². The highest BCUT2D eigenvalue weighted by Crippen LogP contribution is 2.39. The molecule has 0 saturated carbocycles. The van der Waals surface area contributed by atoms with Crippen molar-refractivity contribution >= 4 is 17.6 Å². The smallest absolute Gasteiger partial charge is 0.416 e. The van der Waals surface area contributed by atoms with Gasteiger partial charge in [-0.15, -0.1) is 0 Å². The number of carbonyl (C=O) groups is 2. The predicted octanol–water partition coefficient (Wildman–Crippen LogP) is 6.60. The topological polar surface area (TPSA) is 74.3 Å². The number of esters is 2. The van der Waals surface area contributed by atoms with Crippen molar-refractivity contribution in [3.05, 3.63) is 89.0 Å². The van der Waals surface area contributed by atoms with Gasteiger partial charge in [0.1, 0.15) is 11.5 Å². The normalized spacial score (nSPS) is 11.5. The van der Waals surface area contributed by atoms with Gasteiger partial charge in [-0.25, -0.2) is 0 Å². The summed E-state index contributed by atoms with van der Waals surface area (Å²) >= 11 is 0. The van der Waals surface area contributed by atoms with Crippen LogP contribution in [-0.2, 0) is 44.7 Å². The van der Waals surface area contributed by atoms with Crippen LogP contribution in [0.1, 0.15) is 43.0 Å². The quantitative estimate of drug-likeness (QED) is 0.165. The molecule has 3 aromatic rings. The molecule has 0 saturated heterocycles. The maximum Gasteiger partial charge on any atom is 0.416 e. The number of halogens is 3. The van der Waals surface area contributed by atoms with Crippen molar-refractivity contribution in [2.24, 2.45) is 5.41 Å². The monoisotopic (exact) mass is 587 g/mol. The molecule has 0 heterocycles. The van der Waals surface area contributed by atoms with E-state index in [4.69, 9.17) is 18.9 Å². The minimum atomic E-state index is -4.76. The lowest BCUT2D eigenvalue weighted by Crippen LogP contribution is -2.41. The van der Waals surface area contributed by atoms with Gasteiger partial charge in [0.2, 0.25) is 0 Å². The van der Waals surface area contributed by atoms with Gasteiger partial charge in [0.15, 0.2) is 5.41 Å². The van der Waals surface area contributed by atoms with Gasteiger partial charge in [-0.3, -0.25) is 9.59 Å². The van der Waals surface area contributed by atoms with Crippen LogP contribution in [0.3, 0.4) is 0 Å². The van der Waals surface area contributed by atoms with Gasteiger partial charge in [0, 0.05) is 18.8 Å². The summed E-state index contributed by atoms with van der Waals surface area (Å²) in [6.45, 7) is 4.89. The minimum Gasteiger partial charge on any atom is -0.497 e. The molecule has 0 spiro atoms. The van der Waals surface area contributed by atoms with Gasteiger partial charge in [0.05, 0.1) is 33.0 Å². The zero-order chi connectivity index (χ0) is 30.9. The summed E-state index contributed by atoms with van der Waals surface area (Å²) < 4.78 is 64.1. The van der Waals surface area contributed by atoms with E-state index in [1.165, 1.54) is 13.0 Å². The van der Waals surface area contributed by atoms with Crippen molar-refractivity contribution < 1.29 is 41.7 Å². The fourth-order valence-corrected chi connectivity index (χ4v) is 4.51. The van der Waals surface area contributed by atoms with Gasteiger partial charge >= 0.3 is 18.1 Å². The van der Waals surface area contributed by atoms with Crippen LogP contribution in [0.4, 0.5) is 18.9 Å². The van der Waals surface area contributed by atoms with Crippen LogP contribution < -0.4 is 14.4 Å². The molecule has 0 fully saturated rings.